The first-order chi connectivity index (χ1) is 17.0. The summed E-state index contributed by atoms with van der Waals surface area (Å²) in [6.07, 6.45) is 4.69. The van der Waals surface area contributed by atoms with Crippen LogP contribution < -0.4 is 11.1 Å². The van der Waals surface area contributed by atoms with E-state index in [1.54, 1.807) is 6.20 Å². The molecule has 35 heavy (non-hydrogen) atoms. The number of unbranched alkanes of at least 4 members (excludes halogenated alkanes) is 1. The van der Waals surface area contributed by atoms with Crippen LogP contribution in [0.1, 0.15) is 39.4 Å². The van der Waals surface area contributed by atoms with Gasteiger partial charge in [-0.05, 0) is 51.3 Å². The molecule has 4 aromatic rings. The number of nitrogens with one attached hydrogen (secondary N) is 1. The van der Waals surface area contributed by atoms with Gasteiger partial charge in [-0.25, -0.2) is 14.8 Å². The molecule has 0 aliphatic carbocycles. The number of fused-ring (bicyclic) bond motifs is 3. The number of alkyl carbamates (subject to hydrolysis) is 1. The Bertz CT molecular complexity index is 1300. The van der Waals surface area contributed by atoms with Crippen LogP contribution >= 0.6 is 0 Å². The molecule has 3 N–H and O–H groups in total. The van der Waals surface area contributed by atoms with E-state index in [0.717, 1.165) is 46.2 Å². The molecule has 0 aliphatic heterocycles. The molecule has 9 heteroatoms. The molecule has 3 aromatic heterocycles. The van der Waals surface area contributed by atoms with Crippen molar-refractivity contribution >= 4 is 33.8 Å². The molecule has 3 heterocycles. The van der Waals surface area contributed by atoms with Crippen molar-refractivity contribution in [2.75, 3.05) is 18.9 Å². The van der Waals surface area contributed by atoms with Crippen molar-refractivity contribution in [3.63, 3.8) is 0 Å². The molecule has 0 unspecified atom stereocenters. The molecule has 1 amide bonds. The average Bonchev–Trinajstić information content (AvgIpc) is 3.21. The van der Waals surface area contributed by atoms with E-state index >= 15 is 0 Å². The summed E-state index contributed by atoms with van der Waals surface area (Å²) in [5.41, 5.74) is 10.8. The Morgan fingerprint density at radius 1 is 1.17 bits per heavy atom. The number of carbonyl (C=O) groups is 1. The largest absolute Gasteiger partial charge is 0.447 e. The van der Waals surface area contributed by atoms with Crippen molar-refractivity contribution in [2.24, 2.45) is 0 Å². The van der Waals surface area contributed by atoms with Crippen molar-refractivity contribution in [1.82, 2.24) is 24.8 Å². The lowest BCUT2D eigenvalue weighted by Gasteiger charge is -2.12. The number of nitrogens with two attached hydrogens (primary N) is 1. The van der Waals surface area contributed by atoms with Gasteiger partial charge < -0.3 is 25.1 Å². The van der Waals surface area contributed by atoms with Gasteiger partial charge in [0.25, 0.3) is 0 Å². The van der Waals surface area contributed by atoms with Gasteiger partial charge in [0, 0.05) is 43.0 Å². The van der Waals surface area contributed by atoms with Gasteiger partial charge in [0.15, 0.2) is 5.82 Å². The zero-order valence-corrected chi connectivity index (χ0v) is 20.5. The highest BCUT2D eigenvalue weighted by molar-refractivity contribution is 6.07. The van der Waals surface area contributed by atoms with Crippen LogP contribution in [0, 0.1) is 0 Å². The summed E-state index contributed by atoms with van der Waals surface area (Å²) in [6.45, 7) is 7.84. The Morgan fingerprint density at radius 2 is 2.03 bits per heavy atom. The Hall–Kier alpha value is -3.72. The van der Waals surface area contributed by atoms with Crippen LogP contribution in [0.3, 0.4) is 0 Å². The van der Waals surface area contributed by atoms with E-state index in [4.69, 9.17) is 20.2 Å². The van der Waals surface area contributed by atoms with Crippen LogP contribution in [0.4, 0.5) is 10.6 Å². The van der Waals surface area contributed by atoms with Crippen LogP contribution in [0.5, 0.6) is 0 Å². The number of pyridine rings is 2. The van der Waals surface area contributed by atoms with E-state index in [0.29, 0.717) is 37.6 Å². The SMILES string of the molecule is CCOCc1nc2c(N)nc3cc(-c4cccnc4)ccc3c2n1CCCCNC(=O)OC(C)C. The highest BCUT2D eigenvalue weighted by Crippen LogP contribution is 2.32. The molecule has 0 saturated heterocycles. The summed E-state index contributed by atoms with van der Waals surface area (Å²) in [4.78, 5) is 25.4. The Balaban J connectivity index is 1.63. The lowest BCUT2D eigenvalue weighted by atomic mass is 10.0. The van der Waals surface area contributed by atoms with E-state index in [9.17, 15) is 4.79 Å². The van der Waals surface area contributed by atoms with Crippen LogP contribution in [-0.4, -0.2) is 44.9 Å². The number of nitrogens with zero attached hydrogens (tertiary/aromatic N) is 4. The van der Waals surface area contributed by atoms with E-state index in [-0.39, 0.29) is 12.2 Å². The number of aryl methyl sites for hydroxylation is 1. The zero-order chi connectivity index (χ0) is 24.8. The summed E-state index contributed by atoms with van der Waals surface area (Å²) in [6, 6.07) is 10.1. The van der Waals surface area contributed by atoms with E-state index in [1.807, 2.05) is 45.2 Å². The van der Waals surface area contributed by atoms with E-state index in [1.165, 1.54) is 0 Å². The number of hydrogen-bond acceptors (Lipinski definition) is 7. The smallest absolute Gasteiger partial charge is 0.407 e. The average molecular weight is 477 g/mol. The normalized spacial score (nSPS) is 11.4. The minimum atomic E-state index is -0.389. The van der Waals surface area contributed by atoms with Crippen molar-refractivity contribution in [3.05, 3.63) is 48.5 Å². The molecule has 0 bridgehead atoms. The van der Waals surface area contributed by atoms with Crippen LogP contribution in [0.15, 0.2) is 42.7 Å². The number of anilines is 1. The summed E-state index contributed by atoms with van der Waals surface area (Å²) >= 11 is 0. The fourth-order valence-corrected chi connectivity index (χ4v) is 4.06. The quantitative estimate of drug-likeness (QED) is 0.319. The fraction of sp³-hybridized carbons (Fsp3) is 0.385. The maximum Gasteiger partial charge on any atom is 0.407 e. The number of imidazole rings is 1. The molecular formula is C26H32N6O3. The second-order valence-corrected chi connectivity index (χ2v) is 8.57. The first-order valence-corrected chi connectivity index (χ1v) is 12.0. The number of amides is 1. The third-order valence-corrected chi connectivity index (χ3v) is 5.63. The van der Waals surface area contributed by atoms with Gasteiger partial charge in [0.1, 0.15) is 17.9 Å². The molecule has 9 nitrogen and oxygen atoms in total. The summed E-state index contributed by atoms with van der Waals surface area (Å²) in [7, 11) is 0. The number of benzene rings is 1. The number of rotatable bonds is 10. The molecule has 1 aromatic carbocycles. The molecule has 0 radical (unpaired) electrons. The number of ether oxygens (including phenoxy) is 2. The van der Waals surface area contributed by atoms with Crippen LogP contribution in [0.25, 0.3) is 33.1 Å². The predicted molar refractivity (Wildman–Crippen MR) is 137 cm³/mol. The lowest BCUT2D eigenvalue weighted by Crippen LogP contribution is -2.27. The monoisotopic (exact) mass is 476 g/mol. The fourth-order valence-electron chi connectivity index (χ4n) is 4.06. The van der Waals surface area contributed by atoms with Gasteiger partial charge in [-0.3, -0.25) is 4.98 Å². The Morgan fingerprint density at radius 3 is 2.77 bits per heavy atom. The Labute approximate surface area is 204 Å². The third kappa shape index (κ3) is 5.68. The molecule has 4 rings (SSSR count). The molecule has 0 spiro atoms. The van der Waals surface area contributed by atoms with Crippen LogP contribution in [-0.2, 0) is 22.6 Å². The molecule has 0 fully saturated rings. The number of carbonyl (C=O) groups excluding carboxylic acids is 1. The van der Waals surface area contributed by atoms with Gasteiger partial charge >= 0.3 is 6.09 Å². The molecule has 0 aliphatic rings. The molecule has 0 atom stereocenters. The van der Waals surface area contributed by atoms with E-state index in [2.05, 4.69) is 32.0 Å². The lowest BCUT2D eigenvalue weighted by molar-refractivity contribution is 0.115. The van der Waals surface area contributed by atoms with Gasteiger partial charge in [0.05, 0.1) is 17.1 Å². The minimum Gasteiger partial charge on any atom is -0.447 e. The van der Waals surface area contributed by atoms with Gasteiger partial charge in [-0.1, -0.05) is 18.2 Å². The van der Waals surface area contributed by atoms with Gasteiger partial charge in [0.2, 0.25) is 0 Å². The summed E-state index contributed by atoms with van der Waals surface area (Å²) in [5, 5.41) is 3.78. The maximum absolute atomic E-state index is 11.7. The number of hydrogen-bond donors (Lipinski definition) is 2. The maximum atomic E-state index is 11.7. The summed E-state index contributed by atoms with van der Waals surface area (Å²) < 4.78 is 13.0. The highest BCUT2D eigenvalue weighted by Gasteiger charge is 2.18. The second kappa shape index (κ2) is 11.1. The predicted octanol–water partition coefficient (Wildman–Crippen LogP) is 4.68. The highest BCUT2D eigenvalue weighted by atomic mass is 16.6. The Kier molecular flexibility index (Phi) is 7.77. The molecular weight excluding hydrogens is 444 g/mol. The van der Waals surface area contributed by atoms with Gasteiger partial charge in [-0.15, -0.1) is 0 Å². The first kappa shape index (κ1) is 24.4. The summed E-state index contributed by atoms with van der Waals surface area (Å²) in [5.74, 6) is 1.21. The number of aromatic nitrogens is 4. The standard InChI is InChI=1S/C26H32N6O3/c1-4-34-16-22-31-23-24(32(22)13-6-5-12-29-26(33)35-17(2)3)20-10-9-18(14-21(20)30-25(23)27)19-8-7-11-28-15-19/h7-11,14-15,17H,4-6,12-13,16H2,1-3H3,(H2,27,30)(H,29,33). The molecule has 0 saturated carbocycles. The first-order valence-electron chi connectivity index (χ1n) is 12.0. The molecule has 184 valence electrons. The number of nitrogen functional groups attached to an aromatic ring is 1. The topological polar surface area (TPSA) is 117 Å². The van der Waals surface area contributed by atoms with Crippen molar-refractivity contribution < 1.29 is 14.3 Å². The van der Waals surface area contributed by atoms with Crippen molar-refractivity contribution in [2.45, 2.75) is 52.9 Å². The minimum absolute atomic E-state index is 0.139. The second-order valence-electron chi connectivity index (χ2n) is 8.57. The third-order valence-electron chi connectivity index (χ3n) is 5.63. The zero-order valence-electron chi connectivity index (χ0n) is 20.5. The van der Waals surface area contributed by atoms with Crippen molar-refractivity contribution in [1.29, 1.82) is 0 Å². The van der Waals surface area contributed by atoms with Crippen molar-refractivity contribution in [3.8, 4) is 11.1 Å². The van der Waals surface area contributed by atoms with Crippen LogP contribution in [0.2, 0.25) is 0 Å². The van der Waals surface area contributed by atoms with E-state index < -0.39 is 0 Å². The van der Waals surface area contributed by atoms with Gasteiger partial charge in [-0.2, -0.15) is 0 Å².